The third-order valence-electron chi connectivity index (χ3n) is 4.24. The number of ether oxygens (including phenoxy) is 2. The molecule has 28 heavy (non-hydrogen) atoms. The number of aliphatic imine (C=N–C) groups is 1. The lowest BCUT2D eigenvalue weighted by Crippen LogP contribution is -2.35. The number of rotatable bonds is 8. The van der Waals surface area contributed by atoms with Gasteiger partial charge in [-0.15, -0.1) is 0 Å². The van der Waals surface area contributed by atoms with Crippen LogP contribution in [0.25, 0.3) is 0 Å². The zero-order valence-electron chi connectivity index (χ0n) is 16.1. The maximum absolute atomic E-state index is 13.9. The first-order chi connectivity index (χ1) is 13.3. The van der Waals surface area contributed by atoms with Crippen molar-refractivity contribution in [1.82, 2.24) is 5.32 Å². The molecule has 0 amide bonds. The smallest absolute Gasteiger partial charge is 0.188 e. The van der Waals surface area contributed by atoms with Crippen molar-refractivity contribution in [2.75, 3.05) is 27.3 Å². The van der Waals surface area contributed by atoms with E-state index >= 15 is 0 Å². The molecule has 8 heteroatoms. The van der Waals surface area contributed by atoms with Crippen LogP contribution in [-0.2, 0) is 12.0 Å². The maximum atomic E-state index is 13.9. The molecule has 0 aliphatic heterocycles. The minimum Gasteiger partial charge on any atom is -0.493 e. The Balaban J connectivity index is 1.92. The van der Waals surface area contributed by atoms with Crippen LogP contribution in [0.2, 0.25) is 0 Å². The van der Waals surface area contributed by atoms with Crippen LogP contribution in [-0.4, -0.2) is 38.4 Å². The van der Waals surface area contributed by atoms with E-state index in [0.29, 0.717) is 24.5 Å². The van der Waals surface area contributed by atoms with Gasteiger partial charge in [-0.05, 0) is 37.1 Å². The van der Waals surface area contributed by atoms with E-state index in [2.05, 4.69) is 10.3 Å². The SMILES string of the molecule is COc1ccc(CCNC(N)=NCC(C)(O)c2ccc(F)cc2F)cc1OC. The molecule has 0 spiro atoms. The van der Waals surface area contributed by atoms with Gasteiger partial charge in [0.25, 0.3) is 0 Å². The Hall–Kier alpha value is -2.87. The van der Waals surface area contributed by atoms with Crippen molar-refractivity contribution in [2.45, 2.75) is 18.9 Å². The van der Waals surface area contributed by atoms with Gasteiger partial charge in [-0.3, -0.25) is 4.99 Å². The summed E-state index contributed by atoms with van der Waals surface area (Å²) in [4.78, 5) is 4.06. The van der Waals surface area contributed by atoms with Crippen LogP contribution in [0.1, 0.15) is 18.1 Å². The number of nitrogens with two attached hydrogens (primary N) is 1. The normalized spacial score (nSPS) is 13.7. The Morgan fingerprint density at radius 1 is 1.14 bits per heavy atom. The summed E-state index contributed by atoms with van der Waals surface area (Å²) in [5.74, 6) is -0.144. The van der Waals surface area contributed by atoms with Gasteiger partial charge in [-0.1, -0.05) is 12.1 Å². The molecule has 0 fully saturated rings. The maximum Gasteiger partial charge on any atom is 0.188 e. The summed E-state index contributed by atoms with van der Waals surface area (Å²) in [5.41, 5.74) is 5.17. The van der Waals surface area contributed by atoms with E-state index in [1.54, 1.807) is 14.2 Å². The lowest BCUT2D eigenvalue weighted by atomic mass is 9.95. The molecule has 0 radical (unpaired) electrons. The molecule has 2 rings (SSSR count). The standard InChI is InChI=1S/C20H25F2N3O3/c1-20(26,15-6-5-14(21)11-16(15)22)12-25-19(23)24-9-8-13-4-7-17(27-2)18(10-13)28-3/h4-7,10-11,26H,8-9,12H2,1-3H3,(H3,23,24,25). The number of guanidine groups is 1. The molecule has 0 heterocycles. The second-order valence-electron chi connectivity index (χ2n) is 6.47. The monoisotopic (exact) mass is 393 g/mol. The molecular formula is C20H25F2N3O3. The number of methoxy groups -OCH3 is 2. The van der Waals surface area contributed by atoms with E-state index in [-0.39, 0.29) is 18.1 Å². The molecule has 2 aromatic rings. The molecule has 0 aromatic heterocycles. The molecule has 0 bridgehead atoms. The fourth-order valence-corrected chi connectivity index (χ4v) is 2.68. The van der Waals surface area contributed by atoms with Crippen LogP contribution in [0.3, 0.4) is 0 Å². The molecule has 6 nitrogen and oxygen atoms in total. The Kier molecular flexibility index (Phi) is 7.17. The van der Waals surface area contributed by atoms with Gasteiger partial charge < -0.3 is 25.6 Å². The quantitative estimate of drug-likeness (QED) is 0.473. The zero-order chi connectivity index (χ0) is 20.7. The van der Waals surface area contributed by atoms with Crippen molar-refractivity contribution in [3.63, 3.8) is 0 Å². The molecule has 152 valence electrons. The first-order valence-electron chi connectivity index (χ1n) is 8.69. The van der Waals surface area contributed by atoms with Crippen LogP contribution in [0.15, 0.2) is 41.4 Å². The fraction of sp³-hybridized carbons (Fsp3) is 0.350. The van der Waals surface area contributed by atoms with Crippen LogP contribution >= 0.6 is 0 Å². The van der Waals surface area contributed by atoms with E-state index in [9.17, 15) is 13.9 Å². The van der Waals surface area contributed by atoms with Crippen LogP contribution in [0.4, 0.5) is 8.78 Å². The summed E-state index contributed by atoms with van der Waals surface area (Å²) >= 11 is 0. The van der Waals surface area contributed by atoms with Crippen LogP contribution < -0.4 is 20.5 Å². The number of hydrogen-bond acceptors (Lipinski definition) is 4. The largest absolute Gasteiger partial charge is 0.493 e. The predicted octanol–water partition coefficient (Wildman–Crippen LogP) is 2.34. The summed E-state index contributed by atoms with van der Waals surface area (Å²) in [7, 11) is 3.14. The number of nitrogens with one attached hydrogen (secondary N) is 1. The number of nitrogens with zero attached hydrogens (tertiary/aromatic N) is 1. The Morgan fingerprint density at radius 2 is 1.86 bits per heavy atom. The van der Waals surface area contributed by atoms with Gasteiger partial charge >= 0.3 is 0 Å². The molecule has 4 N–H and O–H groups in total. The van der Waals surface area contributed by atoms with Crippen molar-refractivity contribution >= 4 is 5.96 Å². The minimum atomic E-state index is -1.62. The zero-order valence-corrected chi connectivity index (χ0v) is 16.1. The van der Waals surface area contributed by atoms with Crippen molar-refractivity contribution in [3.8, 4) is 11.5 Å². The number of benzene rings is 2. The van der Waals surface area contributed by atoms with E-state index in [1.807, 2.05) is 18.2 Å². The molecule has 0 saturated heterocycles. The van der Waals surface area contributed by atoms with Crippen molar-refractivity contribution in [3.05, 3.63) is 59.2 Å². The van der Waals surface area contributed by atoms with E-state index in [1.165, 1.54) is 13.0 Å². The summed E-state index contributed by atoms with van der Waals surface area (Å²) in [6.45, 7) is 1.71. The van der Waals surface area contributed by atoms with Crippen LogP contribution in [0.5, 0.6) is 11.5 Å². The third kappa shape index (κ3) is 5.56. The number of aliphatic hydroxyl groups is 1. The average molecular weight is 393 g/mol. The summed E-state index contributed by atoms with van der Waals surface area (Å²) in [6.07, 6.45) is 0.652. The predicted molar refractivity (Wildman–Crippen MR) is 104 cm³/mol. The highest BCUT2D eigenvalue weighted by molar-refractivity contribution is 5.77. The van der Waals surface area contributed by atoms with Gasteiger partial charge in [0.1, 0.15) is 17.2 Å². The number of hydrogen-bond donors (Lipinski definition) is 3. The van der Waals surface area contributed by atoms with E-state index in [0.717, 1.165) is 17.7 Å². The highest BCUT2D eigenvalue weighted by Gasteiger charge is 2.26. The lowest BCUT2D eigenvalue weighted by molar-refractivity contribution is 0.0633. The topological polar surface area (TPSA) is 89.1 Å². The molecule has 0 aliphatic carbocycles. The van der Waals surface area contributed by atoms with Gasteiger partial charge in [-0.25, -0.2) is 8.78 Å². The van der Waals surface area contributed by atoms with Crippen molar-refractivity contribution in [1.29, 1.82) is 0 Å². The summed E-state index contributed by atoms with van der Waals surface area (Å²) < 4.78 is 37.3. The minimum absolute atomic E-state index is 0.0456. The molecular weight excluding hydrogens is 368 g/mol. The first kappa shape index (κ1) is 21.4. The summed E-state index contributed by atoms with van der Waals surface area (Å²) in [5, 5.41) is 13.4. The average Bonchev–Trinajstić information content (AvgIpc) is 2.66. The summed E-state index contributed by atoms with van der Waals surface area (Å²) in [6, 6.07) is 8.61. The van der Waals surface area contributed by atoms with Crippen molar-refractivity contribution in [2.24, 2.45) is 10.7 Å². The molecule has 1 atom stereocenters. The van der Waals surface area contributed by atoms with E-state index < -0.39 is 17.2 Å². The second kappa shape index (κ2) is 9.36. The van der Waals surface area contributed by atoms with Gasteiger partial charge in [0.05, 0.1) is 20.8 Å². The molecule has 0 saturated carbocycles. The highest BCUT2D eigenvalue weighted by atomic mass is 19.1. The van der Waals surface area contributed by atoms with Gasteiger partial charge in [0.15, 0.2) is 17.5 Å². The van der Waals surface area contributed by atoms with Gasteiger partial charge in [0.2, 0.25) is 0 Å². The number of halogens is 2. The van der Waals surface area contributed by atoms with Crippen LogP contribution in [0, 0.1) is 11.6 Å². The fourth-order valence-electron chi connectivity index (χ4n) is 2.68. The Bertz CT molecular complexity index is 841. The van der Waals surface area contributed by atoms with Crippen molar-refractivity contribution < 1.29 is 23.4 Å². The first-order valence-corrected chi connectivity index (χ1v) is 8.69. The Labute approximate surface area is 163 Å². The van der Waals surface area contributed by atoms with Gasteiger partial charge in [0, 0.05) is 18.2 Å². The Morgan fingerprint density at radius 3 is 2.50 bits per heavy atom. The highest BCUT2D eigenvalue weighted by Crippen LogP contribution is 2.27. The molecule has 0 aliphatic rings. The second-order valence-corrected chi connectivity index (χ2v) is 6.47. The van der Waals surface area contributed by atoms with Gasteiger partial charge in [-0.2, -0.15) is 0 Å². The third-order valence-corrected chi connectivity index (χ3v) is 4.24. The lowest BCUT2D eigenvalue weighted by Gasteiger charge is -2.22. The molecule has 1 unspecified atom stereocenters. The van der Waals surface area contributed by atoms with E-state index in [4.69, 9.17) is 15.2 Å². The molecule has 2 aromatic carbocycles.